The van der Waals surface area contributed by atoms with Gasteiger partial charge in [-0.15, -0.1) is 0 Å². The standard InChI is InChI=1S/C23H21F3N2O/c24-23(25,26)19-10-7-16(8-11-19)20-6-4-5-17-15-18(9-12-21(17)20)22(29)28-14-3-1-2-13-27/h4-5,7-12,15,20H,1-3,6,14H2,(H,28,29). The van der Waals surface area contributed by atoms with Crippen LogP contribution in [-0.4, -0.2) is 12.5 Å². The maximum atomic E-state index is 12.8. The molecule has 0 heterocycles. The van der Waals surface area contributed by atoms with Gasteiger partial charge in [0.05, 0.1) is 11.6 Å². The van der Waals surface area contributed by atoms with Crippen LogP contribution < -0.4 is 5.32 Å². The van der Waals surface area contributed by atoms with E-state index in [0.29, 0.717) is 24.9 Å². The molecule has 0 bridgehead atoms. The van der Waals surface area contributed by atoms with Gasteiger partial charge in [0.15, 0.2) is 0 Å². The molecule has 1 amide bonds. The van der Waals surface area contributed by atoms with E-state index in [-0.39, 0.29) is 11.8 Å². The molecule has 0 fully saturated rings. The highest BCUT2D eigenvalue weighted by atomic mass is 19.4. The highest BCUT2D eigenvalue weighted by Gasteiger charge is 2.30. The van der Waals surface area contributed by atoms with Gasteiger partial charge < -0.3 is 5.32 Å². The number of allylic oxidation sites excluding steroid dienone is 1. The zero-order valence-electron chi connectivity index (χ0n) is 15.8. The van der Waals surface area contributed by atoms with E-state index in [2.05, 4.69) is 11.4 Å². The third kappa shape index (κ3) is 5.05. The van der Waals surface area contributed by atoms with E-state index < -0.39 is 11.7 Å². The van der Waals surface area contributed by atoms with Gasteiger partial charge in [-0.2, -0.15) is 18.4 Å². The molecule has 1 unspecified atom stereocenters. The molecule has 150 valence electrons. The van der Waals surface area contributed by atoms with Crippen molar-refractivity contribution < 1.29 is 18.0 Å². The summed E-state index contributed by atoms with van der Waals surface area (Å²) in [5, 5.41) is 11.4. The van der Waals surface area contributed by atoms with Gasteiger partial charge in [-0.1, -0.05) is 30.4 Å². The Hall–Kier alpha value is -3.07. The Morgan fingerprint density at radius 3 is 2.59 bits per heavy atom. The van der Waals surface area contributed by atoms with Crippen molar-refractivity contribution in [2.75, 3.05) is 6.54 Å². The second-order valence-electron chi connectivity index (χ2n) is 7.03. The first kappa shape index (κ1) is 20.7. The van der Waals surface area contributed by atoms with Crippen molar-refractivity contribution in [2.45, 2.75) is 37.8 Å². The number of unbranched alkanes of at least 4 members (excludes halogenated alkanes) is 2. The molecule has 1 aliphatic rings. The summed E-state index contributed by atoms with van der Waals surface area (Å²) in [6, 6.07) is 12.8. The van der Waals surface area contributed by atoms with Crippen LogP contribution in [0.4, 0.5) is 13.2 Å². The average Bonchev–Trinajstić information content (AvgIpc) is 2.72. The van der Waals surface area contributed by atoms with Crippen LogP contribution in [0.3, 0.4) is 0 Å². The summed E-state index contributed by atoms with van der Waals surface area (Å²) in [6.07, 6.45) is 2.25. The summed E-state index contributed by atoms with van der Waals surface area (Å²) in [4.78, 5) is 12.3. The predicted molar refractivity (Wildman–Crippen MR) is 105 cm³/mol. The number of nitriles is 1. The largest absolute Gasteiger partial charge is 0.416 e. The van der Waals surface area contributed by atoms with Crippen molar-refractivity contribution in [3.05, 3.63) is 76.4 Å². The summed E-state index contributed by atoms with van der Waals surface area (Å²) in [7, 11) is 0. The van der Waals surface area contributed by atoms with Crippen LogP contribution in [0.25, 0.3) is 6.08 Å². The van der Waals surface area contributed by atoms with Crippen LogP contribution in [0.2, 0.25) is 0 Å². The zero-order valence-corrected chi connectivity index (χ0v) is 15.8. The van der Waals surface area contributed by atoms with Gasteiger partial charge in [0.1, 0.15) is 0 Å². The Balaban J connectivity index is 1.73. The lowest BCUT2D eigenvalue weighted by Crippen LogP contribution is -2.24. The lowest BCUT2D eigenvalue weighted by Gasteiger charge is -2.23. The van der Waals surface area contributed by atoms with Crippen molar-refractivity contribution in [3.63, 3.8) is 0 Å². The van der Waals surface area contributed by atoms with Crippen molar-refractivity contribution in [1.29, 1.82) is 5.26 Å². The number of carbonyl (C=O) groups excluding carboxylic acids is 1. The predicted octanol–water partition coefficient (Wildman–Crippen LogP) is 5.68. The van der Waals surface area contributed by atoms with Crippen molar-refractivity contribution in [2.24, 2.45) is 0 Å². The van der Waals surface area contributed by atoms with Crippen LogP contribution in [-0.2, 0) is 6.18 Å². The maximum absolute atomic E-state index is 12.8. The fraction of sp³-hybridized carbons (Fsp3) is 0.304. The maximum Gasteiger partial charge on any atom is 0.416 e. The number of halogens is 3. The third-order valence-corrected chi connectivity index (χ3v) is 5.03. The fourth-order valence-corrected chi connectivity index (χ4v) is 3.49. The summed E-state index contributed by atoms with van der Waals surface area (Å²) >= 11 is 0. The van der Waals surface area contributed by atoms with Crippen LogP contribution in [0.1, 0.15) is 64.2 Å². The highest BCUT2D eigenvalue weighted by molar-refractivity contribution is 5.95. The van der Waals surface area contributed by atoms with Gasteiger partial charge in [-0.3, -0.25) is 4.79 Å². The molecule has 0 aromatic heterocycles. The second kappa shape index (κ2) is 8.95. The first-order chi connectivity index (χ1) is 13.9. The Morgan fingerprint density at radius 1 is 1.14 bits per heavy atom. The number of carbonyl (C=O) groups is 1. The number of nitrogens with one attached hydrogen (secondary N) is 1. The molecule has 0 spiro atoms. The molecule has 2 aromatic rings. The number of nitrogens with zero attached hydrogens (tertiary/aromatic N) is 1. The second-order valence-corrected chi connectivity index (χ2v) is 7.03. The molecule has 0 radical (unpaired) electrons. The molecule has 0 saturated heterocycles. The summed E-state index contributed by atoms with van der Waals surface area (Å²) in [5.41, 5.74) is 2.60. The van der Waals surface area contributed by atoms with Crippen LogP contribution >= 0.6 is 0 Å². The minimum absolute atomic E-state index is 0.0413. The van der Waals surface area contributed by atoms with Crippen LogP contribution in [0.15, 0.2) is 48.5 Å². The molecule has 0 saturated carbocycles. The molecular weight excluding hydrogens is 377 g/mol. The number of hydrogen-bond donors (Lipinski definition) is 1. The SMILES string of the molecule is N#CCCCCNC(=O)c1ccc2c(c1)C=CCC2c1ccc(C(F)(F)F)cc1. The first-order valence-corrected chi connectivity index (χ1v) is 9.53. The fourth-order valence-electron chi connectivity index (χ4n) is 3.49. The van der Waals surface area contributed by atoms with Gasteiger partial charge in [0.2, 0.25) is 0 Å². The number of amides is 1. The molecular formula is C23H21F3N2O. The summed E-state index contributed by atoms with van der Waals surface area (Å²) < 4.78 is 38.4. The van der Waals surface area contributed by atoms with E-state index in [1.165, 1.54) is 12.1 Å². The van der Waals surface area contributed by atoms with E-state index in [9.17, 15) is 18.0 Å². The Kier molecular flexibility index (Phi) is 6.38. The molecule has 6 heteroatoms. The Bertz CT molecular complexity index is 940. The smallest absolute Gasteiger partial charge is 0.352 e. The highest BCUT2D eigenvalue weighted by Crippen LogP contribution is 2.37. The normalized spacial score (nSPS) is 15.4. The molecule has 1 aliphatic carbocycles. The number of benzene rings is 2. The number of fused-ring (bicyclic) bond motifs is 1. The molecule has 3 rings (SSSR count). The van der Waals surface area contributed by atoms with E-state index in [1.807, 2.05) is 24.3 Å². The first-order valence-electron chi connectivity index (χ1n) is 9.53. The monoisotopic (exact) mass is 398 g/mol. The van der Waals surface area contributed by atoms with Gasteiger partial charge >= 0.3 is 6.18 Å². The zero-order chi connectivity index (χ0) is 20.9. The van der Waals surface area contributed by atoms with E-state index >= 15 is 0 Å². The van der Waals surface area contributed by atoms with Gasteiger partial charge in [-0.05, 0) is 60.2 Å². The average molecular weight is 398 g/mol. The number of rotatable bonds is 6. The molecule has 1 N–H and O–H groups in total. The Labute approximate surface area is 167 Å². The molecule has 29 heavy (non-hydrogen) atoms. The third-order valence-electron chi connectivity index (χ3n) is 5.03. The van der Waals surface area contributed by atoms with E-state index in [0.717, 1.165) is 41.7 Å². The topological polar surface area (TPSA) is 52.9 Å². The van der Waals surface area contributed by atoms with Gasteiger partial charge in [0, 0.05) is 24.4 Å². The van der Waals surface area contributed by atoms with Crippen molar-refractivity contribution >= 4 is 12.0 Å². The van der Waals surface area contributed by atoms with E-state index in [4.69, 9.17) is 5.26 Å². The summed E-state index contributed by atoms with van der Waals surface area (Å²) in [5.74, 6) is -0.213. The summed E-state index contributed by atoms with van der Waals surface area (Å²) in [6.45, 7) is 0.515. The van der Waals surface area contributed by atoms with Gasteiger partial charge in [-0.25, -0.2) is 0 Å². The minimum atomic E-state index is -4.35. The van der Waals surface area contributed by atoms with Crippen LogP contribution in [0, 0.1) is 11.3 Å². The van der Waals surface area contributed by atoms with Crippen molar-refractivity contribution in [1.82, 2.24) is 5.32 Å². The molecule has 3 nitrogen and oxygen atoms in total. The molecule has 1 atom stereocenters. The number of alkyl halides is 3. The van der Waals surface area contributed by atoms with Crippen LogP contribution in [0.5, 0.6) is 0 Å². The lowest BCUT2D eigenvalue weighted by molar-refractivity contribution is -0.137. The van der Waals surface area contributed by atoms with E-state index in [1.54, 1.807) is 6.07 Å². The number of hydrogen-bond acceptors (Lipinski definition) is 2. The Morgan fingerprint density at radius 2 is 1.90 bits per heavy atom. The quantitative estimate of drug-likeness (QED) is 0.637. The molecule has 2 aromatic carbocycles. The van der Waals surface area contributed by atoms with Crippen molar-refractivity contribution in [3.8, 4) is 6.07 Å². The minimum Gasteiger partial charge on any atom is -0.352 e. The lowest BCUT2D eigenvalue weighted by atomic mass is 9.81. The van der Waals surface area contributed by atoms with Gasteiger partial charge in [0.25, 0.3) is 5.91 Å². The molecule has 0 aliphatic heterocycles.